The molecule has 128 valence electrons. The van der Waals surface area contributed by atoms with Crippen molar-refractivity contribution in [2.75, 3.05) is 0 Å². The van der Waals surface area contributed by atoms with E-state index in [-0.39, 0.29) is 0 Å². The van der Waals surface area contributed by atoms with Crippen LogP contribution in [0.25, 0.3) is 33.3 Å². The van der Waals surface area contributed by atoms with Gasteiger partial charge in [-0.2, -0.15) is 5.10 Å². The van der Waals surface area contributed by atoms with Gasteiger partial charge in [-0.05, 0) is 45.4 Å². The predicted molar refractivity (Wildman–Crippen MR) is 97.4 cm³/mol. The minimum absolute atomic E-state index is 0.818. The van der Waals surface area contributed by atoms with Crippen LogP contribution in [0.2, 0.25) is 0 Å². The molecule has 0 radical (unpaired) electrons. The topological polar surface area (TPSA) is 61.7 Å². The molecule has 4 rings (SSSR count). The van der Waals surface area contributed by atoms with Gasteiger partial charge >= 0.3 is 0 Å². The molecule has 0 saturated heterocycles. The number of aryl methyl sites for hydroxylation is 5. The smallest absolute Gasteiger partial charge is 0.141 e. The first-order valence-electron chi connectivity index (χ1n) is 8.27. The minimum atomic E-state index is 0.818. The van der Waals surface area contributed by atoms with Gasteiger partial charge in [0.2, 0.25) is 0 Å². The van der Waals surface area contributed by atoms with Crippen LogP contribution in [0.1, 0.15) is 22.8 Å². The average molecular weight is 335 g/mol. The number of nitrogens with zero attached hydrogens (tertiary/aromatic N) is 5. The van der Waals surface area contributed by atoms with E-state index in [1.807, 2.05) is 45.9 Å². The van der Waals surface area contributed by atoms with E-state index in [1.165, 1.54) is 0 Å². The summed E-state index contributed by atoms with van der Waals surface area (Å²) < 4.78 is 9.36. The number of rotatable bonds is 2. The van der Waals surface area contributed by atoms with E-state index in [1.54, 1.807) is 0 Å². The van der Waals surface area contributed by atoms with Crippen LogP contribution in [0.5, 0.6) is 0 Å². The molecular formula is C19H21N5O. The fourth-order valence-electron chi connectivity index (χ4n) is 3.69. The monoisotopic (exact) mass is 335 g/mol. The van der Waals surface area contributed by atoms with E-state index in [0.29, 0.717) is 0 Å². The van der Waals surface area contributed by atoms with Gasteiger partial charge in [-0.15, -0.1) is 0 Å². The third kappa shape index (κ3) is 2.21. The van der Waals surface area contributed by atoms with Gasteiger partial charge in [-0.1, -0.05) is 5.16 Å². The third-order valence-corrected chi connectivity index (χ3v) is 4.91. The Morgan fingerprint density at radius 3 is 2.32 bits per heavy atom. The van der Waals surface area contributed by atoms with Crippen LogP contribution >= 0.6 is 0 Å². The zero-order valence-corrected chi connectivity index (χ0v) is 15.4. The summed E-state index contributed by atoms with van der Waals surface area (Å²) in [6, 6.07) is 4.31. The van der Waals surface area contributed by atoms with E-state index in [9.17, 15) is 0 Å². The molecule has 0 spiro atoms. The fourth-order valence-corrected chi connectivity index (χ4v) is 3.69. The molecule has 4 aromatic rings. The lowest BCUT2D eigenvalue weighted by Crippen LogP contribution is -1.94. The third-order valence-electron chi connectivity index (χ3n) is 4.91. The number of imidazole rings is 1. The summed E-state index contributed by atoms with van der Waals surface area (Å²) >= 11 is 0. The van der Waals surface area contributed by atoms with Gasteiger partial charge < -0.3 is 9.09 Å². The van der Waals surface area contributed by atoms with Gasteiger partial charge in [0.15, 0.2) is 0 Å². The van der Waals surface area contributed by atoms with Crippen LogP contribution < -0.4 is 0 Å². The lowest BCUT2D eigenvalue weighted by Gasteiger charge is -2.10. The maximum Gasteiger partial charge on any atom is 0.141 e. The van der Waals surface area contributed by atoms with Crippen molar-refractivity contribution in [2.24, 2.45) is 14.1 Å². The standard InChI is InChI=1S/C19H21N5O/c1-10-17(12(3)24(6)21-10)15-7-14(18-11(2)22-25-13(18)4)8-16-19(15)23(5)9-20-16/h7-9H,1-6H3. The van der Waals surface area contributed by atoms with Gasteiger partial charge in [0.25, 0.3) is 0 Å². The lowest BCUT2D eigenvalue weighted by atomic mass is 9.95. The van der Waals surface area contributed by atoms with Gasteiger partial charge in [0.05, 0.1) is 28.7 Å². The van der Waals surface area contributed by atoms with Gasteiger partial charge in [-0.3, -0.25) is 4.68 Å². The molecule has 0 aliphatic rings. The highest BCUT2D eigenvalue weighted by Gasteiger charge is 2.20. The van der Waals surface area contributed by atoms with Gasteiger partial charge in [-0.25, -0.2) is 4.98 Å². The molecule has 1 aromatic carbocycles. The average Bonchev–Trinajstić information content (AvgIpc) is 3.17. The predicted octanol–water partition coefficient (Wildman–Crippen LogP) is 3.86. The summed E-state index contributed by atoms with van der Waals surface area (Å²) in [6.45, 7) is 8.06. The maximum absolute atomic E-state index is 5.37. The van der Waals surface area contributed by atoms with Crippen molar-refractivity contribution in [3.8, 4) is 22.3 Å². The van der Waals surface area contributed by atoms with Crippen molar-refractivity contribution in [3.05, 3.63) is 41.3 Å². The Kier molecular flexibility index (Phi) is 3.32. The molecule has 0 aliphatic heterocycles. The van der Waals surface area contributed by atoms with E-state index in [0.717, 1.165) is 56.1 Å². The number of aromatic nitrogens is 5. The van der Waals surface area contributed by atoms with Gasteiger partial charge in [0, 0.05) is 36.5 Å². The van der Waals surface area contributed by atoms with Crippen molar-refractivity contribution in [2.45, 2.75) is 27.7 Å². The molecule has 6 heteroatoms. The second kappa shape index (κ2) is 5.31. The number of hydrogen-bond acceptors (Lipinski definition) is 4. The van der Waals surface area contributed by atoms with Gasteiger partial charge in [0.1, 0.15) is 5.76 Å². The van der Waals surface area contributed by atoms with Crippen LogP contribution in [-0.4, -0.2) is 24.5 Å². The number of hydrogen-bond donors (Lipinski definition) is 0. The summed E-state index contributed by atoms with van der Waals surface area (Å²) in [4.78, 5) is 4.59. The Labute approximate surface area is 146 Å². The van der Waals surface area contributed by atoms with Crippen LogP contribution in [0.15, 0.2) is 23.0 Å². The van der Waals surface area contributed by atoms with Crippen LogP contribution in [0.3, 0.4) is 0 Å². The Balaban J connectivity index is 2.11. The Bertz CT molecular complexity index is 1090. The molecule has 0 amide bonds. The second-order valence-electron chi connectivity index (χ2n) is 6.62. The largest absolute Gasteiger partial charge is 0.361 e. The van der Waals surface area contributed by atoms with Crippen molar-refractivity contribution >= 4 is 11.0 Å². The number of fused-ring (bicyclic) bond motifs is 1. The maximum atomic E-state index is 5.37. The highest BCUT2D eigenvalue weighted by atomic mass is 16.5. The SMILES string of the molecule is Cc1noc(C)c1-c1cc(-c2c(C)nn(C)c2C)c2c(c1)ncn2C. The Hall–Kier alpha value is -2.89. The summed E-state index contributed by atoms with van der Waals surface area (Å²) in [7, 11) is 4.00. The highest BCUT2D eigenvalue weighted by Crippen LogP contribution is 2.38. The lowest BCUT2D eigenvalue weighted by molar-refractivity contribution is 0.393. The molecule has 25 heavy (non-hydrogen) atoms. The quantitative estimate of drug-likeness (QED) is 0.558. The van der Waals surface area contributed by atoms with Crippen LogP contribution in [0.4, 0.5) is 0 Å². The molecular weight excluding hydrogens is 314 g/mol. The summed E-state index contributed by atoms with van der Waals surface area (Å²) in [5, 5.41) is 8.69. The molecule has 0 bridgehead atoms. The molecule has 0 saturated carbocycles. The molecule has 0 unspecified atom stereocenters. The summed E-state index contributed by atoms with van der Waals surface area (Å²) in [5.74, 6) is 0.818. The van der Waals surface area contributed by atoms with Crippen LogP contribution in [0, 0.1) is 27.7 Å². The zero-order valence-electron chi connectivity index (χ0n) is 15.4. The Morgan fingerprint density at radius 1 is 0.960 bits per heavy atom. The van der Waals surface area contributed by atoms with Crippen molar-refractivity contribution in [1.82, 2.24) is 24.5 Å². The molecule has 0 atom stereocenters. The fraction of sp³-hybridized carbons (Fsp3) is 0.316. The van der Waals surface area contributed by atoms with Crippen LogP contribution in [-0.2, 0) is 14.1 Å². The zero-order chi connectivity index (χ0) is 17.9. The summed E-state index contributed by atoms with van der Waals surface area (Å²) in [6.07, 6.45) is 1.85. The molecule has 0 fully saturated rings. The normalized spacial score (nSPS) is 11.6. The Morgan fingerprint density at radius 2 is 1.72 bits per heavy atom. The highest BCUT2D eigenvalue weighted by molar-refractivity contribution is 5.97. The van der Waals surface area contributed by atoms with E-state index < -0.39 is 0 Å². The van der Waals surface area contributed by atoms with E-state index in [2.05, 4.69) is 38.9 Å². The first-order chi connectivity index (χ1) is 11.9. The first-order valence-corrected chi connectivity index (χ1v) is 8.27. The molecule has 6 nitrogen and oxygen atoms in total. The molecule has 0 N–H and O–H groups in total. The van der Waals surface area contributed by atoms with E-state index in [4.69, 9.17) is 4.52 Å². The molecule has 3 heterocycles. The first kappa shape index (κ1) is 15.6. The van der Waals surface area contributed by atoms with Crippen molar-refractivity contribution in [3.63, 3.8) is 0 Å². The minimum Gasteiger partial charge on any atom is -0.361 e. The summed E-state index contributed by atoms with van der Waals surface area (Å²) in [5.41, 5.74) is 9.49. The van der Waals surface area contributed by atoms with Crippen molar-refractivity contribution in [1.29, 1.82) is 0 Å². The van der Waals surface area contributed by atoms with Crippen molar-refractivity contribution < 1.29 is 4.52 Å². The number of benzene rings is 1. The second-order valence-corrected chi connectivity index (χ2v) is 6.62. The molecule has 0 aliphatic carbocycles. The van der Waals surface area contributed by atoms with E-state index >= 15 is 0 Å². The molecule has 3 aromatic heterocycles.